The number of para-hydroxylation sites is 4. The van der Waals surface area contributed by atoms with Crippen LogP contribution in [0.3, 0.4) is 0 Å². The second kappa shape index (κ2) is 7.02. The predicted octanol–water partition coefficient (Wildman–Crippen LogP) is 3.58. The van der Waals surface area contributed by atoms with E-state index in [0.717, 1.165) is 22.1 Å². The first-order valence-electron chi connectivity index (χ1n) is 9.03. The molecule has 0 fully saturated rings. The van der Waals surface area contributed by atoms with Gasteiger partial charge in [-0.25, -0.2) is 15.0 Å². The first-order valence-corrected chi connectivity index (χ1v) is 9.85. The summed E-state index contributed by atoms with van der Waals surface area (Å²) in [5.74, 6) is 1.19. The molecule has 29 heavy (non-hydrogen) atoms. The van der Waals surface area contributed by atoms with Crippen molar-refractivity contribution in [3.05, 3.63) is 65.4 Å². The third-order valence-electron chi connectivity index (χ3n) is 4.59. The van der Waals surface area contributed by atoms with Crippen LogP contribution in [0.1, 0.15) is 15.5 Å². The van der Waals surface area contributed by atoms with Gasteiger partial charge in [-0.05, 0) is 24.3 Å². The standard InChI is InChI=1S/C20H17N7OS/c1-27-15-9-5-4-8-14(15)25-19(27)26-20-22-10-16(29-20)18(28)21-11-17-23-12-6-2-3-7-13(12)24-17/h2-10H,11H2,1H3,(H,21,28)(H,23,24)(H,22,25,26). The molecule has 0 aliphatic carbocycles. The lowest BCUT2D eigenvalue weighted by atomic mass is 10.3. The SMILES string of the molecule is Cn1c(Nc2ncc(C(=O)NCc3nc4ccccc4[nH]3)s2)nc2ccccc21. The van der Waals surface area contributed by atoms with Gasteiger partial charge < -0.3 is 20.2 Å². The number of aromatic amines is 1. The minimum Gasteiger partial charge on any atom is -0.344 e. The number of H-pyrrole nitrogens is 1. The van der Waals surface area contributed by atoms with Gasteiger partial charge >= 0.3 is 0 Å². The second-order valence-electron chi connectivity index (χ2n) is 6.52. The van der Waals surface area contributed by atoms with Crippen molar-refractivity contribution in [1.29, 1.82) is 0 Å². The van der Waals surface area contributed by atoms with Crippen molar-refractivity contribution in [2.45, 2.75) is 6.54 Å². The molecule has 8 nitrogen and oxygen atoms in total. The zero-order valence-electron chi connectivity index (χ0n) is 15.5. The number of aromatic nitrogens is 5. The van der Waals surface area contributed by atoms with E-state index in [1.54, 1.807) is 6.20 Å². The molecule has 9 heteroatoms. The zero-order valence-corrected chi connectivity index (χ0v) is 16.3. The molecule has 0 bridgehead atoms. The first kappa shape index (κ1) is 17.4. The molecule has 0 atom stereocenters. The summed E-state index contributed by atoms with van der Waals surface area (Å²) in [5.41, 5.74) is 3.75. The number of nitrogens with zero attached hydrogens (tertiary/aromatic N) is 4. The smallest absolute Gasteiger partial charge is 0.263 e. The van der Waals surface area contributed by atoms with Crippen molar-refractivity contribution in [1.82, 2.24) is 29.8 Å². The largest absolute Gasteiger partial charge is 0.344 e. The van der Waals surface area contributed by atoms with Crippen molar-refractivity contribution in [3.63, 3.8) is 0 Å². The van der Waals surface area contributed by atoms with Crippen LogP contribution in [0, 0.1) is 0 Å². The van der Waals surface area contributed by atoms with Crippen LogP contribution in [-0.4, -0.2) is 30.4 Å². The Morgan fingerprint density at radius 3 is 2.72 bits per heavy atom. The van der Waals surface area contributed by atoms with Crippen molar-refractivity contribution in [2.24, 2.45) is 7.05 Å². The number of hydrogen-bond acceptors (Lipinski definition) is 6. The van der Waals surface area contributed by atoms with Crippen LogP contribution in [0.2, 0.25) is 0 Å². The molecule has 0 aliphatic rings. The highest BCUT2D eigenvalue weighted by Gasteiger charge is 2.14. The highest BCUT2D eigenvalue weighted by molar-refractivity contribution is 7.17. The van der Waals surface area contributed by atoms with E-state index in [4.69, 9.17) is 0 Å². The normalized spacial score (nSPS) is 11.2. The maximum absolute atomic E-state index is 12.5. The molecule has 3 N–H and O–H groups in total. The fraction of sp³-hybridized carbons (Fsp3) is 0.100. The molecule has 144 valence electrons. The van der Waals surface area contributed by atoms with Crippen molar-refractivity contribution in [3.8, 4) is 0 Å². The number of carbonyl (C=O) groups excluding carboxylic acids is 1. The topological polar surface area (TPSA) is 101 Å². The molecule has 0 unspecified atom stereocenters. The molecule has 0 radical (unpaired) electrons. The molecule has 5 rings (SSSR count). The minimum atomic E-state index is -0.194. The van der Waals surface area contributed by atoms with Crippen LogP contribution in [0.15, 0.2) is 54.7 Å². The number of amides is 1. The summed E-state index contributed by atoms with van der Waals surface area (Å²) in [6, 6.07) is 15.6. The number of benzene rings is 2. The monoisotopic (exact) mass is 403 g/mol. The molecule has 0 aliphatic heterocycles. The molecule has 2 aromatic carbocycles. The van der Waals surface area contributed by atoms with Crippen LogP contribution in [0.5, 0.6) is 0 Å². The maximum Gasteiger partial charge on any atom is 0.263 e. The number of rotatable bonds is 5. The van der Waals surface area contributed by atoms with Crippen molar-refractivity contribution < 1.29 is 4.79 Å². The second-order valence-corrected chi connectivity index (χ2v) is 7.55. The van der Waals surface area contributed by atoms with Gasteiger partial charge in [-0.3, -0.25) is 4.79 Å². The van der Waals surface area contributed by atoms with Crippen LogP contribution in [0.25, 0.3) is 22.1 Å². The summed E-state index contributed by atoms with van der Waals surface area (Å²) in [4.78, 5) is 29.5. The number of aryl methyl sites for hydroxylation is 1. The average molecular weight is 403 g/mol. The number of thiazole rings is 1. The Bertz CT molecular complexity index is 1300. The van der Waals surface area contributed by atoms with Crippen LogP contribution in [0.4, 0.5) is 11.1 Å². The maximum atomic E-state index is 12.5. The summed E-state index contributed by atoms with van der Waals surface area (Å²) in [5, 5.41) is 6.67. The Hall–Kier alpha value is -3.72. The quantitative estimate of drug-likeness (QED) is 0.416. The lowest BCUT2D eigenvalue weighted by Gasteiger charge is -2.02. The minimum absolute atomic E-state index is 0.194. The van der Waals surface area contributed by atoms with Crippen molar-refractivity contribution in [2.75, 3.05) is 5.32 Å². The molecular weight excluding hydrogens is 386 g/mol. The van der Waals surface area contributed by atoms with Gasteiger partial charge in [0.05, 0.1) is 34.8 Å². The van der Waals surface area contributed by atoms with E-state index >= 15 is 0 Å². The lowest BCUT2D eigenvalue weighted by molar-refractivity contribution is 0.0954. The number of hydrogen-bond donors (Lipinski definition) is 3. The number of imidazole rings is 2. The molecule has 5 aromatic rings. The number of carbonyl (C=O) groups is 1. The fourth-order valence-corrected chi connectivity index (χ4v) is 3.86. The van der Waals surface area contributed by atoms with E-state index in [9.17, 15) is 4.79 Å². The summed E-state index contributed by atoms with van der Waals surface area (Å²) in [6.07, 6.45) is 1.56. The molecular formula is C20H17N7OS. The zero-order chi connectivity index (χ0) is 19.8. The van der Waals surface area contributed by atoms with E-state index in [2.05, 4.69) is 30.6 Å². The lowest BCUT2D eigenvalue weighted by Crippen LogP contribution is -2.22. The van der Waals surface area contributed by atoms with Gasteiger partial charge in [-0.1, -0.05) is 35.6 Å². The van der Waals surface area contributed by atoms with Gasteiger partial charge in [-0.15, -0.1) is 0 Å². The Kier molecular flexibility index (Phi) is 4.21. The van der Waals surface area contributed by atoms with Crippen LogP contribution in [-0.2, 0) is 13.6 Å². The van der Waals surface area contributed by atoms with Gasteiger partial charge in [0, 0.05) is 7.05 Å². The summed E-state index contributed by atoms with van der Waals surface area (Å²) < 4.78 is 1.96. The molecule has 1 amide bonds. The first-order chi connectivity index (χ1) is 14.2. The molecule has 0 spiro atoms. The summed E-state index contributed by atoms with van der Waals surface area (Å²) in [7, 11) is 1.94. The Labute approximate surface area is 169 Å². The Morgan fingerprint density at radius 2 is 1.90 bits per heavy atom. The number of nitrogens with one attached hydrogen (secondary N) is 3. The van der Waals surface area contributed by atoms with Gasteiger partial charge in [0.25, 0.3) is 5.91 Å². The Balaban J connectivity index is 1.27. The molecule has 3 aromatic heterocycles. The van der Waals surface area contributed by atoms with E-state index in [0.29, 0.717) is 28.3 Å². The molecule has 3 heterocycles. The van der Waals surface area contributed by atoms with E-state index in [-0.39, 0.29) is 5.91 Å². The predicted molar refractivity (Wildman–Crippen MR) is 113 cm³/mol. The summed E-state index contributed by atoms with van der Waals surface area (Å²) >= 11 is 1.28. The highest BCUT2D eigenvalue weighted by Crippen LogP contribution is 2.24. The van der Waals surface area contributed by atoms with E-state index in [1.165, 1.54) is 11.3 Å². The van der Waals surface area contributed by atoms with E-state index in [1.807, 2.05) is 60.1 Å². The average Bonchev–Trinajstić information content (AvgIpc) is 3.44. The van der Waals surface area contributed by atoms with Gasteiger partial charge in [-0.2, -0.15) is 0 Å². The fourth-order valence-electron chi connectivity index (χ4n) is 3.13. The van der Waals surface area contributed by atoms with Gasteiger partial charge in [0.15, 0.2) is 5.13 Å². The molecule has 0 saturated heterocycles. The Morgan fingerprint density at radius 1 is 1.10 bits per heavy atom. The molecule has 0 saturated carbocycles. The third kappa shape index (κ3) is 3.32. The third-order valence-corrected chi connectivity index (χ3v) is 5.50. The summed E-state index contributed by atoms with van der Waals surface area (Å²) in [6.45, 7) is 0.318. The number of fused-ring (bicyclic) bond motifs is 2. The highest BCUT2D eigenvalue weighted by atomic mass is 32.1. The van der Waals surface area contributed by atoms with E-state index < -0.39 is 0 Å². The van der Waals surface area contributed by atoms with Crippen molar-refractivity contribution >= 4 is 50.4 Å². The van der Waals surface area contributed by atoms with Crippen LogP contribution >= 0.6 is 11.3 Å². The van der Waals surface area contributed by atoms with Gasteiger partial charge in [0.1, 0.15) is 10.7 Å². The van der Waals surface area contributed by atoms with Gasteiger partial charge in [0.2, 0.25) is 5.95 Å². The van der Waals surface area contributed by atoms with Crippen LogP contribution < -0.4 is 10.6 Å². The number of anilines is 2.